The van der Waals surface area contributed by atoms with Crippen LogP contribution in [0.5, 0.6) is 0 Å². The Bertz CT molecular complexity index is 520. The first-order valence-electron chi connectivity index (χ1n) is 9.82. The van der Waals surface area contributed by atoms with Crippen LogP contribution >= 0.6 is 0 Å². The summed E-state index contributed by atoms with van der Waals surface area (Å²) in [6.07, 6.45) is 9.49. The highest BCUT2D eigenvalue weighted by Crippen LogP contribution is 2.26. The standard InChI is InChI=1S/C19H32N4O2/c1-15-5-2-3-7-18(15)25-12-10-20-19(24)14-23-11-4-6-16(13-23)17-8-9-21-22-17/h8-9,15-16,18H,2-7,10-14H2,1H3,(H,20,24)(H,21,22)/t15-,16+,18+/m1/s1. The third-order valence-electron chi connectivity index (χ3n) is 5.62. The minimum Gasteiger partial charge on any atom is -0.376 e. The van der Waals surface area contributed by atoms with Crippen molar-refractivity contribution in [3.63, 3.8) is 0 Å². The molecule has 2 heterocycles. The monoisotopic (exact) mass is 348 g/mol. The van der Waals surface area contributed by atoms with E-state index in [4.69, 9.17) is 4.74 Å². The molecule has 1 aliphatic heterocycles. The second-order valence-corrected chi connectivity index (χ2v) is 7.61. The minimum absolute atomic E-state index is 0.102. The van der Waals surface area contributed by atoms with Crippen LogP contribution in [-0.2, 0) is 9.53 Å². The Kier molecular flexibility index (Phi) is 6.87. The zero-order valence-electron chi connectivity index (χ0n) is 15.4. The van der Waals surface area contributed by atoms with Crippen molar-refractivity contribution in [1.29, 1.82) is 0 Å². The highest BCUT2D eigenvalue weighted by Gasteiger charge is 2.24. The molecule has 1 aliphatic carbocycles. The number of likely N-dealkylation sites (tertiary alicyclic amines) is 1. The summed E-state index contributed by atoms with van der Waals surface area (Å²) in [5.41, 5.74) is 1.18. The lowest BCUT2D eigenvalue weighted by Gasteiger charge is -2.31. The van der Waals surface area contributed by atoms with E-state index in [1.807, 2.05) is 6.07 Å². The molecule has 25 heavy (non-hydrogen) atoms. The minimum atomic E-state index is 0.102. The van der Waals surface area contributed by atoms with E-state index in [9.17, 15) is 4.79 Å². The van der Waals surface area contributed by atoms with E-state index in [1.54, 1.807) is 6.20 Å². The SMILES string of the molecule is C[C@@H]1CCCC[C@@H]1OCCNC(=O)CN1CCC[C@H](c2ccn[nH]2)C1. The Morgan fingerprint density at radius 1 is 1.36 bits per heavy atom. The fourth-order valence-electron chi connectivity index (χ4n) is 4.14. The number of amides is 1. The molecule has 0 spiro atoms. The number of hydrogen-bond acceptors (Lipinski definition) is 4. The van der Waals surface area contributed by atoms with Gasteiger partial charge in [0.05, 0.1) is 19.3 Å². The van der Waals surface area contributed by atoms with E-state index in [-0.39, 0.29) is 5.91 Å². The van der Waals surface area contributed by atoms with E-state index >= 15 is 0 Å². The molecular weight excluding hydrogens is 316 g/mol. The maximum Gasteiger partial charge on any atom is 0.234 e. The van der Waals surface area contributed by atoms with Crippen molar-refractivity contribution >= 4 is 5.91 Å². The summed E-state index contributed by atoms with van der Waals surface area (Å²) >= 11 is 0. The number of hydrogen-bond donors (Lipinski definition) is 2. The largest absolute Gasteiger partial charge is 0.376 e. The van der Waals surface area contributed by atoms with E-state index < -0.39 is 0 Å². The number of aromatic amines is 1. The van der Waals surface area contributed by atoms with Crippen LogP contribution in [0.4, 0.5) is 0 Å². The number of carbonyl (C=O) groups is 1. The topological polar surface area (TPSA) is 70.2 Å². The van der Waals surface area contributed by atoms with Crippen molar-refractivity contribution in [3.05, 3.63) is 18.0 Å². The summed E-state index contributed by atoms with van der Waals surface area (Å²) in [5, 5.41) is 10.1. The average molecular weight is 348 g/mol. The maximum absolute atomic E-state index is 12.2. The van der Waals surface area contributed by atoms with E-state index in [0.29, 0.717) is 37.6 Å². The first-order chi connectivity index (χ1) is 12.2. The molecule has 2 N–H and O–H groups in total. The van der Waals surface area contributed by atoms with Gasteiger partial charge in [-0.15, -0.1) is 0 Å². The molecule has 3 atom stereocenters. The van der Waals surface area contributed by atoms with Crippen LogP contribution in [-0.4, -0.2) is 59.9 Å². The lowest BCUT2D eigenvalue weighted by molar-refractivity contribution is -0.123. The van der Waals surface area contributed by atoms with Crippen molar-refractivity contribution in [1.82, 2.24) is 20.4 Å². The lowest BCUT2D eigenvalue weighted by atomic mass is 9.88. The molecule has 140 valence electrons. The molecular formula is C19H32N4O2. The van der Waals surface area contributed by atoms with Gasteiger partial charge in [-0.1, -0.05) is 19.8 Å². The third kappa shape index (κ3) is 5.54. The molecule has 1 saturated carbocycles. The number of nitrogens with zero attached hydrogens (tertiary/aromatic N) is 2. The number of nitrogens with one attached hydrogen (secondary N) is 2. The summed E-state index contributed by atoms with van der Waals surface area (Å²) in [7, 11) is 0. The molecule has 3 rings (SSSR count). The summed E-state index contributed by atoms with van der Waals surface area (Å²) in [4.78, 5) is 14.4. The summed E-state index contributed by atoms with van der Waals surface area (Å²) in [5.74, 6) is 1.21. The molecule has 0 bridgehead atoms. The molecule has 0 aromatic carbocycles. The Balaban J connectivity index is 1.32. The van der Waals surface area contributed by atoms with Gasteiger partial charge in [0, 0.05) is 30.9 Å². The smallest absolute Gasteiger partial charge is 0.234 e. The van der Waals surface area contributed by atoms with Crippen LogP contribution in [0, 0.1) is 5.92 Å². The van der Waals surface area contributed by atoms with Crippen LogP contribution in [0.2, 0.25) is 0 Å². The highest BCUT2D eigenvalue weighted by atomic mass is 16.5. The van der Waals surface area contributed by atoms with Gasteiger partial charge in [0.25, 0.3) is 0 Å². The zero-order valence-corrected chi connectivity index (χ0v) is 15.4. The van der Waals surface area contributed by atoms with E-state index in [1.165, 1.54) is 25.0 Å². The summed E-state index contributed by atoms with van der Waals surface area (Å²) in [6, 6.07) is 2.04. The molecule has 1 saturated heterocycles. The number of H-pyrrole nitrogens is 1. The van der Waals surface area contributed by atoms with Gasteiger partial charge in [-0.3, -0.25) is 14.8 Å². The zero-order chi connectivity index (χ0) is 17.5. The second kappa shape index (κ2) is 9.34. The molecule has 1 amide bonds. The van der Waals surface area contributed by atoms with Gasteiger partial charge in [-0.2, -0.15) is 5.10 Å². The van der Waals surface area contributed by atoms with Crippen LogP contribution in [0.3, 0.4) is 0 Å². The first kappa shape index (κ1) is 18.4. The van der Waals surface area contributed by atoms with Gasteiger partial charge in [0.2, 0.25) is 5.91 Å². The average Bonchev–Trinajstić information content (AvgIpc) is 3.15. The van der Waals surface area contributed by atoms with Crippen molar-refractivity contribution in [2.75, 3.05) is 32.8 Å². The number of piperidine rings is 1. The van der Waals surface area contributed by atoms with Crippen molar-refractivity contribution < 1.29 is 9.53 Å². The van der Waals surface area contributed by atoms with Crippen LogP contribution < -0.4 is 5.32 Å². The number of carbonyl (C=O) groups excluding carboxylic acids is 1. The maximum atomic E-state index is 12.2. The number of rotatable bonds is 7. The molecule has 2 aliphatic rings. The molecule has 6 nitrogen and oxygen atoms in total. The molecule has 6 heteroatoms. The molecule has 1 aromatic heterocycles. The molecule has 2 fully saturated rings. The van der Waals surface area contributed by atoms with Gasteiger partial charge in [-0.25, -0.2) is 0 Å². The van der Waals surface area contributed by atoms with Crippen molar-refractivity contribution in [2.24, 2.45) is 5.92 Å². The second-order valence-electron chi connectivity index (χ2n) is 7.61. The van der Waals surface area contributed by atoms with Crippen molar-refractivity contribution in [3.8, 4) is 0 Å². The van der Waals surface area contributed by atoms with E-state index in [0.717, 1.165) is 32.4 Å². The van der Waals surface area contributed by atoms with Crippen LogP contribution in [0.15, 0.2) is 12.3 Å². The van der Waals surface area contributed by atoms with E-state index in [2.05, 4.69) is 27.3 Å². The predicted molar refractivity (Wildman–Crippen MR) is 97.4 cm³/mol. The number of aromatic nitrogens is 2. The van der Waals surface area contributed by atoms with Crippen LogP contribution in [0.1, 0.15) is 57.1 Å². The molecule has 0 radical (unpaired) electrons. The Hall–Kier alpha value is -1.40. The fraction of sp³-hybridized carbons (Fsp3) is 0.789. The van der Waals surface area contributed by atoms with Crippen LogP contribution in [0.25, 0.3) is 0 Å². The quantitative estimate of drug-likeness (QED) is 0.742. The van der Waals surface area contributed by atoms with Crippen molar-refractivity contribution in [2.45, 2.75) is 57.5 Å². The first-order valence-corrected chi connectivity index (χ1v) is 9.82. The van der Waals surface area contributed by atoms with Gasteiger partial charge < -0.3 is 10.1 Å². The van der Waals surface area contributed by atoms with Gasteiger partial charge in [-0.05, 0) is 44.2 Å². The Labute approximate surface area is 150 Å². The predicted octanol–water partition coefficient (Wildman–Crippen LogP) is 2.30. The molecule has 0 unspecified atom stereocenters. The Morgan fingerprint density at radius 2 is 2.24 bits per heavy atom. The fourth-order valence-corrected chi connectivity index (χ4v) is 4.14. The third-order valence-corrected chi connectivity index (χ3v) is 5.62. The number of ether oxygens (including phenoxy) is 1. The molecule has 1 aromatic rings. The van der Waals surface area contributed by atoms with Gasteiger partial charge in [0.1, 0.15) is 0 Å². The summed E-state index contributed by atoms with van der Waals surface area (Å²) in [6.45, 7) is 5.90. The normalized spacial score (nSPS) is 28.0. The highest BCUT2D eigenvalue weighted by molar-refractivity contribution is 5.78. The van der Waals surface area contributed by atoms with Gasteiger partial charge in [0.15, 0.2) is 0 Å². The summed E-state index contributed by atoms with van der Waals surface area (Å²) < 4.78 is 5.96. The Morgan fingerprint density at radius 3 is 3.04 bits per heavy atom. The lowest BCUT2D eigenvalue weighted by Crippen LogP contribution is -2.43. The van der Waals surface area contributed by atoms with Gasteiger partial charge >= 0.3 is 0 Å².